The molecule has 0 saturated carbocycles. The average Bonchev–Trinajstić information content (AvgIpc) is 2.38. The lowest BCUT2D eigenvalue weighted by Crippen LogP contribution is -2.18. The van der Waals surface area contributed by atoms with E-state index in [0.717, 1.165) is 12.8 Å². The molecule has 0 bridgehead atoms. The van der Waals surface area contributed by atoms with E-state index in [-0.39, 0.29) is 11.8 Å². The van der Waals surface area contributed by atoms with E-state index < -0.39 is 0 Å². The van der Waals surface area contributed by atoms with Gasteiger partial charge in [-0.3, -0.25) is 9.59 Å². The predicted molar refractivity (Wildman–Crippen MR) is 73.0 cm³/mol. The molecule has 2 N–H and O–H groups in total. The number of carbonyl (C=O) groups is 2. The molecule has 0 fully saturated rings. The number of alkyl halides is 1. The molecule has 1 aromatic rings. The Morgan fingerprint density at radius 2 is 2.06 bits per heavy atom. The molecule has 0 aliphatic rings. The summed E-state index contributed by atoms with van der Waals surface area (Å²) in [6.07, 6.45) is 2.04. The zero-order chi connectivity index (χ0) is 13.4. The van der Waals surface area contributed by atoms with Crippen molar-refractivity contribution in [2.24, 2.45) is 0 Å². The monoisotopic (exact) mass is 268 g/mol. The van der Waals surface area contributed by atoms with E-state index in [1.54, 1.807) is 31.3 Å². The van der Waals surface area contributed by atoms with Crippen molar-refractivity contribution in [3.05, 3.63) is 29.8 Å². The number of amides is 2. The number of hydrogen-bond donors (Lipinski definition) is 2. The van der Waals surface area contributed by atoms with Crippen molar-refractivity contribution >= 4 is 29.1 Å². The molecule has 5 heteroatoms. The Bertz CT molecular complexity index is 421. The normalized spacial score (nSPS) is 9.89. The second-order valence-corrected chi connectivity index (χ2v) is 4.23. The molecule has 0 radical (unpaired) electrons. The second-order valence-electron chi connectivity index (χ2n) is 3.85. The minimum absolute atomic E-state index is 0.0610. The summed E-state index contributed by atoms with van der Waals surface area (Å²) in [5, 5.41) is 5.30. The van der Waals surface area contributed by atoms with Crippen molar-refractivity contribution in [3.8, 4) is 0 Å². The summed E-state index contributed by atoms with van der Waals surface area (Å²) in [6, 6.07) is 6.84. The topological polar surface area (TPSA) is 58.2 Å². The quantitative estimate of drug-likeness (QED) is 0.615. The van der Waals surface area contributed by atoms with Crippen LogP contribution in [0.15, 0.2) is 24.3 Å². The van der Waals surface area contributed by atoms with Crippen LogP contribution in [0.1, 0.15) is 29.6 Å². The first-order valence-corrected chi connectivity index (χ1v) is 6.38. The molecule has 0 spiro atoms. The zero-order valence-electron chi connectivity index (χ0n) is 10.3. The van der Waals surface area contributed by atoms with Crippen LogP contribution in [0.3, 0.4) is 0 Å². The van der Waals surface area contributed by atoms with E-state index in [9.17, 15) is 9.59 Å². The predicted octanol–water partition coefficient (Wildman–Crippen LogP) is 2.39. The Balaban J connectivity index is 2.56. The van der Waals surface area contributed by atoms with E-state index in [1.807, 2.05) is 0 Å². The van der Waals surface area contributed by atoms with Crippen molar-refractivity contribution in [2.45, 2.75) is 19.3 Å². The summed E-state index contributed by atoms with van der Waals surface area (Å²) in [5.74, 6) is 0.335. The molecule has 0 saturated heterocycles. The van der Waals surface area contributed by atoms with E-state index in [0.29, 0.717) is 23.6 Å². The molecule has 0 aromatic heterocycles. The molecule has 98 valence electrons. The lowest BCUT2D eigenvalue weighted by molar-refractivity contribution is -0.116. The number of halogens is 1. The van der Waals surface area contributed by atoms with Crippen molar-refractivity contribution < 1.29 is 9.59 Å². The van der Waals surface area contributed by atoms with E-state index in [2.05, 4.69) is 10.6 Å². The SMILES string of the molecule is CNC(=O)c1cccc(NC(=O)CCCCCl)c1. The van der Waals surface area contributed by atoms with Gasteiger partial charge < -0.3 is 10.6 Å². The van der Waals surface area contributed by atoms with Gasteiger partial charge in [-0.1, -0.05) is 6.07 Å². The molecule has 0 atom stereocenters. The van der Waals surface area contributed by atoms with Gasteiger partial charge in [0.2, 0.25) is 5.91 Å². The van der Waals surface area contributed by atoms with Gasteiger partial charge in [0.15, 0.2) is 0 Å². The fourth-order valence-corrected chi connectivity index (χ4v) is 1.68. The Kier molecular flexibility index (Phi) is 6.22. The van der Waals surface area contributed by atoms with Crippen LogP contribution in [0.2, 0.25) is 0 Å². The average molecular weight is 269 g/mol. The fraction of sp³-hybridized carbons (Fsp3) is 0.385. The van der Waals surface area contributed by atoms with Crippen molar-refractivity contribution in [1.29, 1.82) is 0 Å². The first-order valence-electron chi connectivity index (χ1n) is 5.85. The molecule has 0 aliphatic heterocycles. The smallest absolute Gasteiger partial charge is 0.251 e. The van der Waals surface area contributed by atoms with Crippen LogP contribution in [-0.4, -0.2) is 24.7 Å². The molecule has 18 heavy (non-hydrogen) atoms. The third-order valence-electron chi connectivity index (χ3n) is 2.42. The molecule has 0 aliphatic carbocycles. The number of anilines is 1. The van der Waals surface area contributed by atoms with Crippen LogP contribution in [0.25, 0.3) is 0 Å². The molecule has 1 rings (SSSR count). The second kappa shape index (κ2) is 7.71. The molecular formula is C13H17ClN2O2. The highest BCUT2D eigenvalue weighted by molar-refractivity contribution is 6.17. The van der Waals surface area contributed by atoms with Crippen LogP contribution < -0.4 is 10.6 Å². The van der Waals surface area contributed by atoms with Gasteiger partial charge in [-0.2, -0.15) is 0 Å². The standard InChI is InChI=1S/C13H17ClN2O2/c1-15-13(18)10-5-4-6-11(9-10)16-12(17)7-2-3-8-14/h4-6,9H,2-3,7-8H2,1H3,(H,15,18)(H,16,17). The number of benzene rings is 1. The van der Waals surface area contributed by atoms with Crippen LogP contribution in [0.4, 0.5) is 5.69 Å². The highest BCUT2D eigenvalue weighted by Gasteiger charge is 2.06. The third-order valence-corrected chi connectivity index (χ3v) is 2.69. The summed E-state index contributed by atoms with van der Waals surface area (Å²) in [6.45, 7) is 0. The number of carbonyl (C=O) groups excluding carboxylic acids is 2. The number of hydrogen-bond acceptors (Lipinski definition) is 2. The van der Waals surface area contributed by atoms with Gasteiger partial charge in [-0.15, -0.1) is 11.6 Å². The zero-order valence-corrected chi connectivity index (χ0v) is 11.1. The molecular weight excluding hydrogens is 252 g/mol. The Hall–Kier alpha value is -1.55. The van der Waals surface area contributed by atoms with Crippen molar-refractivity contribution in [3.63, 3.8) is 0 Å². The van der Waals surface area contributed by atoms with E-state index in [1.165, 1.54) is 0 Å². The summed E-state index contributed by atoms with van der Waals surface area (Å²) in [4.78, 5) is 23.0. The summed E-state index contributed by atoms with van der Waals surface area (Å²) in [7, 11) is 1.57. The van der Waals surface area contributed by atoms with Crippen molar-refractivity contribution in [1.82, 2.24) is 5.32 Å². The number of unbranched alkanes of at least 4 members (excludes halogenated alkanes) is 1. The summed E-state index contributed by atoms with van der Waals surface area (Å²) in [5.41, 5.74) is 1.16. The van der Waals surface area contributed by atoms with Crippen LogP contribution in [0.5, 0.6) is 0 Å². The molecule has 2 amide bonds. The first kappa shape index (κ1) is 14.5. The van der Waals surface area contributed by atoms with Gasteiger partial charge in [-0.25, -0.2) is 0 Å². The third kappa shape index (κ3) is 4.75. The highest BCUT2D eigenvalue weighted by Crippen LogP contribution is 2.11. The maximum atomic E-state index is 11.6. The van der Waals surface area contributed by atoms with Gasteiger partial charge in [0.1, 0.15) is 0 Å². The van der Waals surface area contributed by atoms with E-state index in [4.69, 9.17) is 11.6 Å². The van der Waals surface area contributed by atoms with Crippen LogP contribution in [-0.2, 0) is 4.79 Å². The number of nitrogens with one attached hydrogen (secondary N) is 2. The largest absolute Gasteiger partial charge is 0.355 e. The lowest BCUT2D eigenvalue weighted by Gasteiger charge is -2.06. The molecule has 0 unspecified atom stereocenters. The van der Waals surface area contributed by atoms with Crippen LogP contribution >= 0.6 is 11.6 Å². The van der Waals surface area contributed by atoms with Gasteiger partial charge in [0.25, 0.3) is 5.91 Å². The van der Waals surface area contributed by atoms with Crippen LogP contribution in [0, 0.1) is 0 Å². The molecule has 1 aromatic carbocycles. The maximum absolute atomic E-state index is 11.6. The highest BCUT2D eigenvalue weighted by atomic mass is 35.5. The Morgan fingerprint density at radius 1 is 1.28 bits per heavy atom. The van der Waals surface area contributed by atoms with Crippen molar-refractivity contribution in [2.75, 3.05) is 18.2 Å². The van der Waals surface area contributed by atoms with Gasteiger partial charge in [0, 0.05) is 30.6 Å². The van der Waals surface area contributed by atoms with E-state index >= 15 is 0 Å². The van der Waals surface area contributed by atoms with Gasteiger partial charge >= 0.3 is 0 Å². The minimum Gasteiger partial charge on any atom is -0.355 e. The van der Waals surface area contributed by atoms with Gasteiger partial charge in [-0.05, 0) is 31.0 Å². The minimum atomic E-state index is -0.173. The Labute approximate surface area is 112 Å². The summed E-state index contributed by atoms with van der Waals surface area (Å²) < 4.78 is 0. The fourth-order valence-electron chi connectivity index (χ4n) is 1.49. The molecule has 0 heterocycles. The summed E-state index contributed by atoms with van der Waals surface area (Å²) >= 11 is 5.54. The molecule has 4 nitrogen and oxygen atoms in total. The Morgan fingerprint density at radius 3 is 2.72 bits per heavy atom. The first-order chi connectivity index (χ1) is 8.67. The number of rotatable bonds is 6. The van der Waals surface area contributed by atoms with Gasteiger partial charge in [0.05, 0.1) is 0 Å². The lowest BCUT2D eigenvalue weighted by atomic mass is 10.2. The maximum Gasteiger partial charge on any atom is 0.251 e.